The Bertz CT molecular complexity index is 338. The van der Waals surface area contributed by atoms with Crippen molar-refractivity contribution in [2.75, 3.05) is 0 Å². The summed E-state index contributed by atoms with van der Waals surface area (Å²) in [5.74, 6) is 0. The SMILES string of the molecule is Cc1cscc1C(O)C1=CCCCC1. The molecule has 0 saturated carbocycles. The molecule has 1 atom stereocenters. The van der Waals surface area contributed by atoms with E-state index in [1.54, 1.807) is 11.3 Å². The molecule has 1 aliphatic rings. The molecule has 0 fully saturated rings. The molecule has 1 unspecified atom stereocenters. The predicted octanol–water partition coefficient (Wildman–Crippen LogP) is 3.59. The van der Waals surface area contributed by atoms with Gasteiger partial charge in [0, 0.05) is 0 Å². The van der Waals surface area contributed by atoms with Crippen LogP contribution in [-0.2, 0) is 0 Å². The first kappa shape index (κ1) is 9.94. The molecule has 1 heterocycles. The molecule has 0 aliphatic heterocycles. The summed E-state index contributed by atoms with van der Waals surface area (Å²) < 4.78 is 0. The number of aliphatic hydroxyl groups is 1. The normalized spacial score (nSPS) is 19.1. The zero-order valence-corrected chi connectivity index (χ0v) is 9.31. The summed E-state index contributed by atoms with van der Waals surface area (Å²) in [6, 6.07) is 0. The second kappa shape index (κ2) is 4.28. The van der Waals surface area contributed by atoms with Gasteiger partial charge in [-0.15, -0.1) is 0 Å². The van der Waals surface area contributed by atoms with Crippen LogP contribution in [0, 0.1) is 6.92 Å². The molecule has 2 heteroatoms. The van der Waals surface area contributed by atoms with Crippen molar-refractivity contribution in [3.05, 3.63) is 33.5 Å². The molecular weight excluding hydrogens is 192 g/mol. The largest absolute Gasteiger partial charge is 0.384 e. The van der Waals surface area contributed by atoms with Crippen LogP contribution in [0.25, 0.3) is 0 Å². The van der Waals surface area contributed by atoms with Crippen LogP contribution in [-0.4, -0.2) is 5.11 Å². The zero-order chi connectivity index (χ0) is 9.97. The molecule has 0 radical (unpaired) electrons. The minimum absolute atomic E-state index is 0.346. The van der Waals surface area contributed by atoms with Crippen molar-refractivity contribution in [3.8, 4) is 0 Å². The molecule has 1 aromatic heterocycles. The minimum Gasteiger partial charge on any atom is -0.384 e. The average molecular weight is 208 g/mol. The van der Waals surface area contributed by atoms with Gasteiger partial charge in [0.25, 0.3) is 0 Å². The fourth-order valence-corrected chi connectivity index (χ4v) is 2.83. The molecule has 1 aliphatic carbocycles. The summed E-state index contributed by atoms with van der Waals surface area (Å²) in [7, 11) is 0. The third-order valence-electron chi connectivity index (χ3n) is 2.87. The van der Waals surface area contributed by atoms with E-state index >= 15 is 0 Å². The third kappa shape index (κ3) is 1.91. The summed E-state index contributed by atoms with van der Waals surface area (Å²) in [5, 5.41) is 14.3. The van der Waals surface area contributed by atoms with Gasteiger partial charge < -0.3 is 5.11 Å². The Morgan fingerprint density at radius 1 is 1.36 bits per heavy atom. The smallest absolute Gasteiger partial charge is 0.101 e. The highest BCUT2D eigenvalue weighted by atomic mass is 32.1. The van der Waals surface area contributed by atoms with Crippen LogP contribution in [0.1, 0.15) is 42.9 Å². The van der Waals surface area contributed by atoms with Crippen LogP contribution in [0.4, 0.5) is 0 Å². The lowest BCUT2D eigenvalue weighted by molar-refractivity contribution is 0.208. The monoisotopic (exact) mass is 208 g/mol. The lowest BCUT2D eigenvalue weighted by Crippen LogP contribution is -2.04. The number of aliphatic hydroxyl groups excluding tert-OH is 1. The molecule has 0 bridgehead atoms. The van der Waals surface area contributed by atoms with Gasteiger partial charge in [-0.2, -0.15) is 11.3 Å². The Morgan fingerprint density at radius 2 is 2.21 bits per heavy atom. The van der Waals surface area contributed by atoms with Crippen LogP contribution in [0.5, 0.6) is 0 Å². The van der Waals surface area contributed by atoms with Crippen molar-refractivity contribution in [2.45, 2.75) is 38.7 Å². The molecule has 0 spiro atoms. The van der Waals surface area contributed by atoms with Gasteiger partial charge >= 0.3 is 0 Å². The van der Waals surface area contributed by atoms with E-state index in [2.05, 4.69) is 23.8 Å². The molecule has 1 nitrogen and oxygen atoms in total. The fourth-order valence-electron chi connectivity index (χ4n) is 1.96. The quantitative estimate of drug-likeness (QED) is 0.736. The second-order valence-corrected chi connectivity index (χ2v) is 4.68. The number of rotatable bonds is 2. The lowest BCUT2D eigenvalue weighted by atomic mass is 9.92. The molecule has 76 valence electrons. The predicted molar refractivity (Wildman–Crippen MR) is 60.6 cm³/mol. The first-order valence-corrected chi connectivity index (χ1v) is 6.13. The number of aryl methyl sites for hydroxylation is 1. The summed E-state index contributed by atoms with van der Waals surface area (Å²) in [6.45, 7) is 2.07. The topological polar surface area (TPSA) is 20.2 Å². The Balaban J connectivity index is 2.19. The first-order chi connectivity index (χ1) is 6.79. The zero-order valence-electron chi connectivity index (χ0n) is 8.49. The Kier molecular flexibility index (Phi) is 3.04. The molecular formula is C12H16OS. The number of hydrogen-bond acceptors (Lipinski definition) is 2. The van der Waals surface area contributed by atoms with Gasteiger partial charge in [0.1, 0.15) is 6.10 Å². The molecule has 14 heavy (non-hydrogen) atoms. The maximum Gasteiger partial charge on any atom is 0.101 e. The number of hydrogen-bond donors (Lipinski definition) is 1. The van der Waals surface area contributed by atoms with Crippen LogP contribution < -0.4 is 0 Å². The van der Waals surface area contributed by atoms with Crippen LogP contribution in [0.15, 0.2) is 22.4 Å². The lowest BCUT2D eigenvalue weighted by Gasteiger charge is -2.18. The van der Waals surface area contributed by atoms with E-state index in [-0.39, 0.29) is 6.10 Å². The highest BCUT2D eigenvalue weighted by Crippen LogP contribution is 2.32. The molecule has 0 amide bonds. The van der Waals surface area contributed by atoms with Gasteiger partial charge in [0.15, 0.2) is 0 Å². The van der Waals surface area contributed by atoms with Gasteiger partial charge in [-0.05, 0) is 60.1 Å². The molecule has 2 rings (SSSR count). The standard InChI is InChI=1S/C12H16OS/c1-9-7-14-8-11(9)12(13)10-5-3-2-4-6-10/h5,7-8,12-13H,2-4,6H2,1H3. The van der Waals surface area contributed by atoms with E-state index < -0.39 is 0 Å². The third-order valence-corrected chi connectivity index (χ3v) is 3.75. The van der Waals surface area contributed by atoms with Gasteiger partial charge in [0.05, 0.1) is 0 Å². The van der Waals surface area contributed by atoms with Gasteiger partial charge in [-0.25, -0.2) is 0 Å². The molecule has 0 aromatic carbocycles. The molecule has 0 saturated heterocycles. The van der Waals surface area contributed by atoms with Crippen LogP contribution >= 0.6 is 11.3 Å². The number of thiophene rings is 1. The van der Waals surface area contributed by atoms with Gasteiger partial charge in [0.2, 0.25) is 0 Å². The fraction of sp³-hybridized carbons (Fsp3) is 0.500. The first-order valence-electron chi connectivity index (χ1n) is 5.18. The summed E-state index contributed by atoms with van der Waals surface area (Å²) in [4.78, 5) is 0. The summed E-state index contributed by atoms with van der Waals surface area (Å²) in [6.07, 6.45) is 6.57. The van der Waals surface area contributed by atoms with E-state index in [1.165, 1.54) is 24.0 Å². The Hall–Kier alpha value is -0.600. The maximum atomic E-state index is 10.2. The summed E-state index contributed by atoms with van der Waals surface area (Å²) in [5.41, 5.74) is 3.54. The van der Waals surface area contributed by atoms with Gasteiger partial charge in [-0.1, -0.05) is 6.08 Å². The Labute approximate surface area is 89.1 Å². The highest BCUT2D eigenvalue weighted by molar-refractivity contribution is 7.08. The van der Waals surface area contributed by atoms with Crippen LogP contribution in [0.2, 0.25) is 0 Å². The van der Waals surface area contributed by atoms with E-state index in [4.69, 9.17) is 0 Å². The van der Waals surface area contributed by atoms with Crippen molar-refractivity contribution >= 4 is 11.3 Å². The summed E-state index contributed by atoms with van der Waals surface area (Å²) >= 11 is 1.67. The van der Waals surface area contributed by atoms with Crippen molar-refractivity contribution in [3.63, 3.8) is 0 Å². The molecule has 1 N–H and O–H groups in total. The van der Waals surface area contributed by atoms with E-state index in [9.17, 15) is 5.11 Å². The maximum absolute atomic E-state index is 10.2. The van der Waals surface area contributed by atoms with Crippen LogP contribution in [0.3, 0.4) is 0 Å². The Morgan fingerprint density at radius 3 is 2.79 bits per heavy atom. The van der Waals surface area contributed by atoms with Crippen molar-refractivity contribution in [1.82, 2.24) is 0 Å². The van der Waals surface area contributed by atoms with E-state index in [0.717, 1.165) is 18.4 Å². The average Bonchev–Trinajstić information content (AvgIpc) is 2.65. The minimum atomic E-state index is -0.346. The highest BCUT2D eigenvalue weighted by Gasteiger charge is 2.17. The van der Waals surface area contributed by atoms with Crippen molar-refractivity contribution < 1.29 is 5.11 Å². The van der Waals surface area contributed by atoms with Crippen molar-refractivity contribution in [2.24, 2.45) is 0 Å². The van der Waals surface area contributed by atoms with Gasteiger partial charge in [-0.3, -0.25) is 0 Å². The molecule has 1 aromatic rings. The number of allylic oxidation sites excluding steroid dienone is 1. The second-order valence-electron chi connectivity index (χ2n) is 3.94. The van der Waals surface area contributed by atoms with Crippen molar-refractivity contribution in [1.29, 1.82) is 0 Å². The van der Waals surface area contributed by atoms with E-state index in [0.29, 0.717) is 0 Å². The van der Waals surface area contributed by atoms with E-state index in [1.807, 2.05) is 0 Å².